The Hall–Kier alpha value is -2.71. The molecule has 0 spiro atoms. The Morgan fingerprint density at radius 3 is 2.00 bits per heavy atom. The summed E-state index contributed by atoms with van der Waals surface area (Å²) in [6.07, 6.45) is 6.88. The Kier molecular flexibility index (Phi) is 8.13. The van der Waals surface area contributed by atoms with Crippen molar-refractivity contribution in [3.05, 3.63) is 70.8 Å². The van der Waals surface area contributed by atoms with Gasteiger partial charge in [0.1, 0.15) is 0 Å². The highest BCUT2D eigenvalue weighted by atomic mass is 32.2. The summed E-state index contributed by atoms with van der Waals surface area (Å²) in [5, 5.41) is 6.02. The molecule has 4 aliphatic rings. The van der Waals surface area contributed by atoms with Crippen LogP contribution < -0.4 is 10.6 Å². The molecule has 1 unspecified atom stereocenters. The first-order valence-electron chi connectivity index (χ1n) is 14.6. The van der Waals surface area contributed by atoms with Gasteiger partial charge in [0.05, 0.1) is 11.7 Å². The van der Waals surface area contributed by atoms with Crippen LogP contribution in [-0.2, 0) is 26.7 Å². The number of hydrogen-bond donors (Lipinski definition) is 3. The first-order chi connectivity index (χ1) is 18.9. The smallest absolute Gasteiger partial charge is 0.266 e. The Balaban J connectivity index is 1.31. The second-order valence-corrected chi connectivity index (χ2v) is 14.9. The van der Waals surface area contributed by atoms with Crippen molar-refractivity contribution in [2.45, 2.75) is 76.7 Å². The monoisotopic (exact) mass is 566 g/mol. The molecule has 0 aliphatic heterocycles. The summed E-state index contributed by atoms with van der Waals surface area (Å²) in [5.74, 6) is 1.68. The minimum atomic E-state index is -4.14. The molecule has 2 aromatic rings. The van der Waals surface area contributed by atoms with Gasteiger partial charge in [-0.25, -0.2) is 0 Å². The van der Waals surface area contributed by atoms with Gasteiger partial charge in [-0.2, -0.15) is 8.42 Å². The minimum absolute atomic E-state index is 0.0223. The second kappa shape index (κ2) is 11.3. The fraction of sp³-hybridized carbons (Fsp3) is 0.562. The van der Waals surface area contributed by atoms with Crippen molar-refractivity contribution in [1.29, 1.82) is 0 Å². The number of nitrogens with one attached hydrogen (secondary N) is 2. The number of carbonyl (C=O) groups is 2. The molecule has 0 aromatic heterocycles. The molecule has 3 N–H and O–H groups in total. The average molecular weight is 567 g/mol. The highest BCUT2D eigenvalue weighted by Gasteiger charge is 2.49. The van der Waals surface area contributed by atoms with Gasteiger partial charge in [0.25, 0.3) is 16.0 Å². The number of hydrogen-bond acceptors (Lipinski definition) is 4. The predicted molar refractivity (Wildman–Crippen MR) is 156 cm³/mol. The third kappa shape index (κ3) is 6.77. The molecule has 40 heavy (non-hydrogen) atoms. The zero-order valence-corrected chi connectivity index (χ0v) is 24.5. The van der Waals surface area contributed by atoms with Gasteiger partial charge in [-0.05, 0) is 96.4 Å². The molecule has 6 rings (SSSR count). The highest BCUT2D eigenvalue weighted by Crippen LogP contribution is 2.53. The van der Waals surface area contributed by atoms with Crippen molar-refractivity contribution in [2.75, 3.05) is 12.3 Å². The average Bonchev–Trinajstić information content (AvgIpc) is 2.88. The fourth-order valence-corrected chi connectivity index (χ4v) is 7.79. The molecule has 216 valence electrons. The van der Waals surface area contributed by atoms with Crippen molar-refractivity contribution in [3.8, 4) is 0 Å². The maximum absolute atomic E-state index is 14.0. The molecule has 0 radical (unpaired) electrons. The Labute approximate surface area is 238 Å². The molecule has 1 atom stereocenters. The quantitative estimate of drug-likeness (QED) is 0.375. The summed E-state index contributed by atoms with van der Waals surface area (Å²) in [4.78, 5) is 26.3. The molecular formula is C32H42N2O5S. The molecule has 2 amide bonds. The van der Waals surface area contributed by atoms with Crippen molar-refractivity contribution in [2.24, 2.45) is 23.7 Å². The lowest BCUT2D eigenvalue weighted by atomic mass is 9.54. The summed E-state index contributed by atoms with van der Waals surface area (Å²) in [6, 6.07) is 15.8. The van der Waals surface area contributed by atoms with E-state index in [4.69, 9.17) is 4.55 Å². The van der Waals surface area contributed by atoms with E-state index in [9.17, 15) is 18.0 Å². The molecule has 7 nitrogen and oxygen atoms in total. The number of rotatable bonds is 9. The lowest BCUT2D eigenvalue weighted by Crippen LogP contribution is -2.56. The van der Waals surface area contributed by atoms with E-state index >= 15 is 0 Å². The van der Waals surface area contributed by atoms with Crippen LogP contribution in [0.5, 0.6) is 0 Å². The van der Waals surface area contributed by atoms with Gasteiger partial charge >= 0.3 is 0 Å². The summed E-state index contributed by atoms with van der Waals surface area (Å²) >= 11 is 0. The predicted octanol–water partition coefficient (Wildman–Crippen LogP) is 4.87. The Morgan fingerprint density at radius 1 is 0.900 bits per heavy atom. The number of benzene rings is 2. The third-order valence-corrected chi connectivity index (χ3v) is 10.1. The molecular weight excluding hydrogens is 524 g/mol. The Bertz CT molecular complexity index is 1300. The van der Waals surface area contributed by atoms with Gasteiger partial charge in [0.15, 0.2) is 0 Å². The van der Waals surface area contributed by atoms with Crippen LogP contribution in [0.4, 0.5) is 0 Å². The molecule has 4 aliphatic carbocycles. The third-order valence-electron chi connectivity index (χ3n) is 9.33. The zero-order chi connectivity index (χ0) is 28.7. The fourth-order valence-electron chi connectivity index (χ4n) is 7.43. The summed E-state index contributed by atoms with van der Waals surface area (Å²) < 4.78 is 30.7. The normalized spacial score (nSPS) is 26.4. The van der Waals surface area contributed by atoms with Crippen molar-refractivity contribution in [1.82, 2.24) is 10.6 Å². The van der Waals surface area contributed by atoms with E-state index in [0.29, 0.717) is 23.8 Å². The summed E-state index contributed by atoms with van der Waals surface area (Å²) in [7, 11) is -4.14. The van der Waals surface area contributed by atoms with Gasteiger partial charge in [0.2, 0.25) is 5.91 Å². The van der Waals surface area contributed by atoms with Crippen LogP contribution in [-0.4, -0.2) is 43.1 Å². The lowest BCUT2D eigenvalue weighted by molar-refractivity contribution is -0.126. The second-order valence-electron chi connectivity index (χ2n) is 13.3. The molecule has 0 heterocycles. The largest absolute Gasteiger partial charge is 0.352 e. The van der Waals surface area contributed by atoms with E-state index in [0.717, 1.165) is 23.0 Å². The van der Waals surface area contributed by atoms with Crippen LogP contribution >= 0.6 is 0 Å². The lowest BCUT2D eigenvalue weighted by Gasteiger charge is -2.54. The first kappa shape index (κ1) is 28.8. The molecule has 4 bridgehead atoms. The van der Waals surface area contributed by atoms with E-state index in [2.05, 4.69) is 55.7 Å². The van der Waals surface area contributed by atoms with Gasteiger partial charge in [0, 0.05) is 18.2 Å². The van der Waals surface area contributed by atoms with E-state index in [1.165, 1.54) is 37.7 Å². The first-order valence-corrected chi connectivity index (χ1v) is 16.2. The van der Waals surface area contributed by atoms with Crippen LogP contribution in [0.3, 0.4) is 0 Å². The maximum atomic E-state index is 14.0. The molecule has 4 fully saturated rings. The topological polar surface area (TPSA) is 113 Å². The van der Waals surface area contributed by atoms with Crippen LogP contribution in [0.25, 0.3) is 0 Å². The van der Waals surface area contributed by atoms with E-state index in [1.54, 1.807) is 12.1 Å². The SMILES string of the molecule is CC(C)(C)c1ccc(C(Cc2ccc(C(=O)NCCS(=O)(=O)O)cc2)C(=O)NC2[C@H]3C[C@@H]4C[C@@H](C[C@H]2C4)C3)cc1. The van der Waals surface area contributed by atoms with E-state index in [1.807, 2.05) is 12.1 Å². The van der Waals surface area contributed by atoms with Crippen molar-refractivity contribution in [3.63, 3.8) is 0 Å². The van der Waals surface area contributed by atoms with Crippen molar-refractivity contribution < 1.29 is 22.6 Å². The summed E-state index contributed by atoms with van der Waals surface area (Å²) in [6.45, 7) is 6.37. The summed E-state index contributed by atoms with van der Waals surface area (Å²) in [5.41, 5.74) is 3.57. The van der Waals surface area contributed by atoms with Gasteiger partial charge in [-0.3, -0.25) is 14.1 Å². The van der Waals surface area contributed by atoms with Crippen LogP contribution in [0, 0.1) is 23.7 Å². The number of carbonyl (C=O) groups excluding carboxylic acids is 2. The standard InChI is InChI=1S/C32H42N2O5S/c1-32(2,3)27-10-8-23(9-11-27)28(31(36)34-29-25-15-21-14-22(17-25)18-26(29)16-21)19-20-4-6-24(7-5-20)30(35)33-12-13-40(37,38)39/h4-11,21-22,25-26,28-29H,12-19H2,1-3H3,(H,33,35)(H,34,36)(H,37,38,39)/t21-,22+,25-,26+,28?,29?. The van der Waals surface area contributed by atoms with Gasteiger partial charge in [-0.15, -0.1) is 0 Å². The molecule has 4 saturated carbocycles. The maximum Gasteiger partial charge on any atom is 0.266 e. The van der Waals surface area contributed by atoms with Crippen LogP contribution in [0.2, 0.25) is 0 Å². The molecule has 8 heteroatoms. The molecule has 2 aromatic carbocycles. The van der Waals surface area contributed by atoms with Crippen molar-refractivity contribution >= 4 is 21.9 Å². The van der Waals surface area contributed by atoms with Crippen LogP contribution in [0.15, 0.2) is 48.5 Å². The number of amides is 2. The highest BCUT2D eigenvalue weighted by molar-refractivity contribution is 7.85. The zero-order valence-electron chi connectivity index (χ0n) is 23.7. The van der Waals surface area contributed by atoms with Crippen LogP contribution in [0.1, 0.15) is 85.8 Å². The molecule has 0 saturated heterocycles. The van der Waals surface area contributed by atoms with E-state index in [-0.39, 0.29) is 29.8 Å². The Morgan fingerprint density at radius 2 is 1.48 bits per heavy atom. The van der Waals surface area contributed by atoms with Gasteiger partial charge in [-0.1, -0.05) is 57.2 Å². The minimum Gasteiger partial charge on any atom is -0.352 e. The van der Waals surface area contributed by atoms with E-state index < -0.39 is 21.8 Å². The van der Waals surface area contributed by atoms with Gasteiger partial charge < -0.3 is 10.6 Å².